The summed E-state index contributed by atoms with van der Waals surface area (Å²) in [4.78, 5) is 14.2. The molecule has 1 aliphatic rings. The van der Waals surface area contributed by atoms with Crippen LogP contribution < -0.4 is 5.32 Å². The Labute approximate surface area is 119 Å². The first-order valence-electron chi connectivity index (χ1n) is 7.18. The topological polar surface area (TPSA) is 32.3 Å². The first-order chi connectivity index (χ1) is 9.66. The monoisotopic (exact) mass is 268 g/mol. The van der Waals surface area contributed by atoms with Gasteiger partial charge in [-0.25, -0.2) is 4.79 Å². The van der Waals surface area contributed by atoms with Crippen LogP contribution in [0.1, 0.15) is 19.8 Å². The molecule has 1 saturated carbocycles. The number of rotatable bonds is 3. The normalized spacial score (nSPS) is 15.9. The maximum Gasteiger partial charge on any atom is 0.321 e. The van der Waals surface area contributed by atoms with Gasteiger partial charge in [0.1, 0.15) is 0 Å². The Morgan fingerprint density at radius 3 is 2.65 bits per heavy atom. The number of anilines is 1. The van der Waals surface area contributed by atoms with Gasteiger partial charge < -0.3 is 10.2 Å². The van der Waals surface area contributed by atoms with E-state index in [-0.39, 0.29) is 6.03 Å². The molecule has 3 heteroatoms. The summed E-state index contributed by atoms with van der Waals surface area (Å²) >= 11 is 0. The quantitative estimate of drug-likeness (QED) is 0.893. The Balaban J connectivity index is 1.80. The molecule has 0 bridgehead atoms. The largest absolute Gasteiger partial charge is 0.325 e. The number of hydrogen-bond acceptors (Lipinski definition) is 1. The van der Waals surface area contributed by atoms with Crippen molar-refractivity contribution < 1.29 is 4.79 Å². The predicted molar refractivity (Wildman–Crippen MR) is 82.9 cm³/mol. The van der Waals surface area contributed by atoms with Gasteiger partial charge in [0.25, 0.3) is 0 Å². The first-order valence-corrected chi connectivity index (χ1v) is 7.18. The van der Waals surface area contributed by atoms with Gasteiger partial charge >= 0.3 is 6.03 Å². The summed E-state index contributed by atoms with van der Waals surface area (Å²) in [6, 6.07) is 14.4. The molecule has 1 fully saturated rings. The molecule has 2 aromatic carbocycles. The highest BCUT2D eigenvalue weighted by atomic mass is 16.2. The molecule has 3 rings (SSSR count). The highest BCUT2D eigenvalue weighted by Crippen LogP contribution is 2.35. The average Bonchev–Trinajstić information content (AvgIpc) is 3.30. The van der Waals surface area contributed by atoms with Crippen molar-refractivity contribution in [3.05, 3.63) is 42.5 Å². The van der Waals surface area contributed by atoms with Crippen molar-refractivity contribution in [1.82, 2.24) is 4.90 Å². The molecule has 1 atom stereocenters. The number of carbonyl (C=O) groups is 1. The molecular weight excluding hydrogens is 248 g/mol. The summed E-state index contributed by atoms with van der Waals surface area (Å²) in [7, 11) is 1.88. The van der Waals surface area contributed by atoms with Crippen molar-refractivity contribution in [2.75, 3.05) is 12.4 Å². The predicted octanol–water partition coefficient (Wildman–Crippen LogP) is 4.10. The molecule has 0 heterocycles. The Morgan fingerprint density at radius 2 is 1.90 bits per heavy atom. The van der Waals surface area contributed by atoms with Gasteiger partial charge in [-0.05, 0) is 37.1 Å². The van der Waals surface area contributed by atoms with Crippen LogP contribution in [0.2, 0.25) is 0 Å². The number of benzene rings is 2. The van der Waals surface area contributed by atoms with Gasteiger partial charge in [-0.3, -0.25) is 0 Å². The van der Waals surface area contributed by atoms with E-state index in [2.05, 4.69) is 24.4 Å². The molecule has 1 aliphatic carbocycles. The second-order valence-electron chi connectivity index (χ2n) is 5.65. The highest BCUT2D eigenvalue weighted by molar-refractivity contribution is 6.01. The average molecular weight is 268 g/mol. The molecule has 20 heavy (non-hydrogen) atoms. The zero-order valence-corrected chi connectivity index (χ0v) is 12.0. The van der Waals surface area contributed by atoms with Gasteiger partial charge in [0, 0.05) is 18.5 Å². The molecule has 2 amide bonds. The van der Waals surface area contributed by atoms with Crippen LogP contribution in [0.4, 0.5) is 10.5 Å². The van der Waals surface area contributed by atoms with Crippen molar-refractivity contribution >= 4 is 22.5 Å². The Kier molecular flexibility index (Phi) is 3.35. The third-order valence-corrected chi connectivity index (χ3v) is 4.27. The van der Waals surface area contributed by atoms with Gasteiger partial charge in [0.05, 0.1) is 5.69 Å². The Morgan fingerprint density at radius 1 is 1.20 bits per heavy atom. The van der Waals surface area contributed by atoms with Crippen LogP contribution in [0.25, 0.3) is 10.8 Å². The molecule has 1 unspecified atom stereocenters. The third-order valence-electron chi connectivity index (χ3n) is 4.27. The molecule has 0 aromatic heterocycles. The van der Waals surface area contributed by atoms with Crippen LogP contribution in [0.5, 0.6) is 0 Å². The van der Waals surface area contributed by atoms with E-state index >= 15 is 0 Å². The zero-order chi connectivity index (χ0) is 14.1. The molecule has 3 nitrogen and oxygen atoms in total. The summed E-state index contributed by atoms with van der Waals surface area (Å²) in [6.07, 6.45) is 2.49. The summed E-state index contributed by atoms with van der Waals surface area (Å²) in [5.41, 5.74) is 0.878. The lowest BCUT2D eigenvalue weighted by molar-refractivity contribution is 0.202. The Hall–Kier alpha value is -2.03. The number of urea groups is 1. The van der Waals surface area contributed by atoms with Crippen LogP contribution in [0.15, 0.2) is 42.5 Å². The van der Waals surface area contributed by atoms with Crippen LogP contribution >= 0.6 is 0 Å². The van der Waals surface area contributed by atoms with Crippen LogP contribution in [-0.2, 0) is 0 Å². The van der Waals surface area contributed by atoms with Gasteiger partial charge in [-0.2, -0.15) is 0 Å². The molecule has 0 spiro atoms. The summed E-state index contributed by atoms with van der Waals surface area (Å²) in [5.74, 6) is 0.679. The lowest BCUT2D eigenvalue weighted by atomic mass is 10.1. The minimum Gasteiger partial charge on any atom is -0.325 e. The number of nitrogens with zero attached hydrogens (tertiary/aromatic N) is 1. The zero-order valence-electron chi connectivity index (χ0n) is 12.0. The van der Waals surface area contributed by atoms with Gasteiger partial charge in [0.2, 0.25) is 0 Å². The second kappa shape index (κ2) is 5.16. The van der Waals surface area contributed by atoms with Crippen LogP contribution in [0.3, 0.4) is 0 Å². The molecule has 0 saturated heterocycles. The summed E-state index contributed by atoms with van der Waals surface area (Å²) in [5, 5.41) is 5.26. The smallest absolute Gasteiger partial charge is 0.321 e. The first kappa shape index (κ1) is 13.0. The maximum atomic E-state index is 12.3. The van der Waals surface area contributed by atoms with Crippen molar-refractivity contribution in [1.29, 1.82) is 0 Å². The molecule has 104 valence electrons. The maximum absolute atomic E-state index is 12.3. The van der Waals surface area contributed by atoms with Crippen molar-refractivity contribution in [3.63, 3.8) is 0 Å². The number of amides is 2. The number of fused-ring (bicyclic) bond motifs is 1. The van der Waals surface area contributed by atoms with E-state index < -0.39 is 0 Å². The van der Waals surface area contributed by atoms with E-state index in [0.717, 1.165) is 16.5 Å². The lowest BCUT2D eigenvalue weighted by Crippen LogP contribution is -2.39. The molecule has 0 radical (unpaired) electrons. The van der Waals surface area contributed by atoms with E-state index in [1.165, 1.54) is 12.8 Å². The van der Waals surface area contributed by atoms with Crippen molar-refractivity contribution in [2.24, 2.45) is 5.92 Å². The minimum atomic E-state index is -0.0271. The standard InChI is InChI=1S/C17H20N2O/c1-12(13-10-11-13)19(2)17(20)18-16-9-5-7-14-6-3-4-8-15(14)16/h3-9,12-13H,10-11H2,1-2H3,(H,18,20). The van der Waals surface area contributed by atoms with Gasteiger partial charge in [-0.15, -0.1) is 0 Å². The van der Waals surface area contributed by atoms with E-state index in [4.69, 9.17) is 0 Å². The third kappa shape index (κ3) is 2.48. The molecule has 1 N–H and O–H groups in total. The summed E-state index contributed by atoms with van der Waals surface area (Å²) in [6.45, 7) is 2.13. The van der Waals surface area contributed by atoms with Gasteiger partial charge in [0.15, 0.2) is 0 Å². The van der Waals surface area contributed by atoms with Crippen LogP contribution in [-0.4, -0.2) is 24.0 Å². The fraction of sp³-hybridized carbons (Fsp3) is 0.353. The van der Waals surface area contributed by atoms with E-state index in [1.807, 2.05) is 42.3 Å². The summed E-state index contributed by atoms with van der Waals surface area (Å²) < 4.78 is 0. The second-order valence-corrected chi connectivity index (χ2v) is 5.65. The lowest BCUT2D eigenvalue weighted by Gasteiger charge is -2.25. The SMILES string of the molecule is CC(C1CC1)N(C)C(=O)Nc1cccc2ccccc12. The van der Waals surface area contributed by atoms with Crippen LogP contribution in [0, 0.1) is 5.92 Å². The fourth-order valence-electron chi connectivity index (χ4n) is 2.62. The highest BCUT2D eigenvalue weighted by Gasteiger charge is 2.32. The molecular formula is C17H20N2O. The molecule has 0 aliphatic heterocycles. The van der Waals surface area contributed by atoms with Gasteiger partial charge in [-0.1, -0.05) is 36.4 Å². The van der Waals surface area contributed by atoms with Crippen molar-refractivity contribution in [2.45, 2.75) is 25.8 Å². The van der Waals surface area contributed by atoms with E-state index in [9.17, 15) is 4.79 Å². The number of nitrogens with one attached hydrogen (secondary N) is 1. The Bertz CT molecular complexity index is 628. The number of hydrogen-bond donors (Lipinski definition) is 1. The molecule has 2 aromatic rings. The van der Waals surface area contributed by atoms with E-state index in [1.54, 1.807) is 0 Å². The van der Waals surface area contributed by atoms with Crippen molar-refractivity contribution in [3.8, 4) is 0 Å². The van der Waals surface area contributed by atoms with E-state index in [0.29, 0.717) is 12.0 Å². The number of carbonyl (C=O) groups excluding carboxylic acids is 1. The fourth-order valence-corrected chi connectivity index (χ4v) is 2.62. The minimum absolute atomic E-state index is 0.0271.